The van der Waals surface area contributed by atoms with Gasteiger partial charge >= 0.3 is 0 Å². The highest BCUT2D eigenvalue weighted by Crippen LogP contribution is 2.10. The minimum atomic E-state index is 0. The summed E-state index contributed by atoms with van der Waals surface area (Å²) in [5.74, 6) is 0.241. The summed E-state index contributed by atoms with van der Waals surface area (Å²) < 4.78 is 0. The monoisotopic (exact) mass is 263 g/mol. The van der Waals surface area contributed by atoms with Crippen LogP contribution in [0.25, 0.3) is 0 Å². The van der Waals surface area contributed by atoms with E-state index in [2.05, 4.69) is 37.9 Å². The van der Waals surface area contributed by atoms with Crippen molar-refractivity contribution in [1.29, 1.82) is 0 Å². The lowest BCUT2D eigenvalue weighted by molar-refractivity contribution is -0.134. The van der Waals surface area contributed by atoms with Crippen molar-refractivity contribution in [2.24, 2.45) is 0 Å². The van der Waals surface area contributed by atoms with Crippen LogP contribution in [0.2, 0.25) is 0 Å². The molecule has 0 aliphatic carbocycles. The molecule has 17 heavy (non-hydrogen) atoms. The normalized spacial score (nSPS) is 19.4. The molecule has 1 rings (SSSR count). The van der Waals surface area contributed by atoms with Crippen LogP contribution in [0.4, 0.5) is 0 Å². The van der Waals surface area contributed by atoms with Gasteiger partial charge in [0.25, 0.3) is 0 Å². The molecule has 0 saturated carbocycles. The van der Waals surface area contributed by atoms with E-state index in [-0.39, 0.29) is 23.9 Å². The van der Waals surface area contributed by atoms with Gasteiger partial charge in [0.05, 0.1) is 6.54 Å². The Labute approximate surface area is 111 Å². The maximum atomic E-state index is 12.1. The van der Waals surface area contributed by atoms with Gasteiger partial charge in [0, 0.05) is 31.2 Å². The summed E-state index contributed by atoms with van der Waals surface area (Å²) in [7, 11) is 2.00. The zero-order valence-corrected chi connectivity index (χ0v) is 12.4. The molecule has 102 valence electrons. The minimum Gasteiger partial charge on any atom is -0.338 e. The number of carbonyl (C=O) groups excluding carboxylic acids is 1. The maximum absolute atomic E-state index is 12.1. The number of rotatable bonds is 3. The molecule has 0 unspecified atom stereocenters. The third-order valence-corrected chi connectivity index (χ3v) is 3.19. The lowest BCUT2D eigenvalue weighted by atomic mass is 10.0. The predicted molar refractivity (Wildman–Crippen MR) is 73.7 cm³/mol. The highest BCUT2D eigenvalue weighted by molar-refractivity contribution is 5.85. The van der Waals surface area contributed by atoms with E-state index in [1.807, 2.05) is 11.9 Å². The summed E-state index contributed by atoms with van der Waals surface area (Å²) >= 11 is 0. The topological polar surface area (TPSA) is 35.6 Å². The Bertz CT molecular complexity index is 256. The first-order valence-electron chi connectivity index (χ1n) is 6.05. The lowest BCUT2D eigenvalue weighted by Gasteiger charge is -2.39. The van der Waals surface area contributed by atoms with E-state index in [9.17, 15) is 4.79 Å². The number of likely N-dealkylation sites (N-methyl/N-ethyl adjacent to an activating group) is 1. The average molecular weight is 264 g/mol. The molecule has 1 amide bonds. The minimum absolute atomic E-state index is 0. The summed E-state index contributed by atoms with van der Waals surface area (Å²) in [5, 5.41) is 3.41. The smallest absolute Gasteiger partial charge is 0.236 e. The van der Waals surface area contributed by atoms with Crippen molar-refractivity contribution in [3.8, 4) is 0 Å². The fourth-order valence-corrected chi connectivity index (χ4v) is 1.85. The molecule has 1 N–H and O–H groups in total. The molecule has 5 heteroatoms. The molecular weight excluding hydrogens is 238 g/mol. The number of nitrogens with zero attached hydrogens (tertiary/aromatic N) is 2. The molecule has 1 fully saturated rings. The molecule has 4 nitrogen and oxygen atoms in total. The first-order chi connectivity index (χ1) is 7.32. The second-order valence-corrected chi connectivity index (χ2v) is 5.63. The van der Waals surface area contributed by atoms with Crippen LogP contribution in [-0.4, -0.2) is 60.5 Å². The molecular formula is C12H26ClN3O. The van der Waals surface area contributed by atoms with Crippen LogP contribution >= 0.6 is 12.4 Å². The Balaban J connectivity index is 0.00000256. The molecule has 1 aliphatic rings. The van der Waals surface area contributed by atoms with E-state index in [1.165, 1.54) is 0 Å². The van der Waals surface area contributed by atoms with Crippen molar-refractivity contribution in [2.75, 3.05) is 33.2 Å². The van der Waals surface area contributed by atoms with E-state index in [4.69, 9.17) is 0 Å². The first-order valence-corrected chi connectivity index (χ1v) is 6.05. The van der Waals surface area contributed by atoms with Crippen LogP contribution < -0.4 is 5.32 Å². The highest BCUT2D eigenvalue weighted by atomic mass is 35.5. The van der Waals surface area contributed by atoms with Crippen LogP contribution in [0.5, 0.6) is 0 Å². The Hall–Kier alpha value is -0.320. The van der Waals surface area contributed by atoms with Gasteiger partial charge in [-0.25, -0.2) is 0 Å². The largest absolute Gasteiger partial charge is 0.338 e. The third-order valence-electron chi connectivity index (χ3n) is 3.19. The number of piperazine rings is 1. The Morgan fingerprint density at radius 3 is 2.53 bits per heavy atom. The van der Waals surface area contributed by atoms with Crippen molar-refractivity contribution in [3.05, 3.63) is 0 Å². The summed E-state index contributed by atoms with van der Waals surface area (Å²) in [6.07, 6.45) is 0. The van der Waals surface area contributed by atoms with Crippen LogP contribution in [0.3, 0.4) is 0 Å². The van der Waals surface area contributed by atoms with E-state index in [0.717, 1.165) is 19.6 Å². The third kappa shape index (κ3) is 5.23. The van der Waals surface area contributed by atoms with E-state index < -0.39 is 0 Å². The number of hydrogen-bond acceptors (Lipinski definition) is 3. The maximum Gasteiger partial charge on any atom is 0.236 e. The van der Waals surface area contributed by atoms with Crippen molar-refractivity contribution >= 4 is 18.3 Å². The number of hydrogen-bond donors (Lipinski definition) is 1. The van der Waals surface area contributed by atoms with Crippen molar-refractivity contribution in [1.82, 2.24) is 15.1 Å². The van der Waals surface area contributed by atoms with Crippen molar-refractivity contribution in [2.45, 2.75) is 39.3 Å². The second-order valence-electron chi connectivity index (χ2n) is 5.63. The number of amides is 1. The van der Waals surface area contributed by atoms with Gasteiger partial charge in [-0.2, -0.15) is 0 Å². The van der Waals surface area contributed by atoms with Gasteiger partial charge in [-0.3, -0.25) is 9.69 Å². The highest BCUT2D eigenvalue weighted by Gasteiger charge is 2.28. The molecule has 0 aromatic heterocycles. The molecule has 0 aromatic rings. The van der Waals surface area contributed by atoms with Crippen molar-refractivity contribution < 1.29 is 4.79 Å². The van der Waals surface area contributed by atoms with Gasteiger partial charge < -0.3 is 10.2 Å². The Kier molecular flexibility index (Phi) is 6.45. The molecule has 0 atom stereocenters. The SMILES string of the molecule is CC(C)N(C)CC(=O)N1CCNC(C)(C)C1.Cl. The van der Waals surface area contributed by atoms with Gasteiger partial charge in [0.15, 0.2) is 0 Å². The van der Waals surface area contributed by atoms with Gasteiger partial charge in [-0.05, 0) is 34.7 Å². The van der Waals surface area contributed by atoms with Crippen LogP contribution in [0, 0.1) is 0 Å². The van der Waals surface area contributed by atoms with Crippen LogP contribution in [0.15, 0.2) is 0 Å². The number of nitrogens with one attached hydrogen (secondary N) is 1. The summed E-state index contributed by atoms with van der Waals surface area (Å²) in [6, 6.07) is 0.417. The molecule has 0 aromatic carbocycles. The molecule has 0 spiro atoms. The molecule has 1 heterocycles. The fourth-order valence-electron chi connectivity index (χ4n) is 1.85. The lowest BCUT2D eigenvalue weighted by Crippen LogP contribution is -2.59. The van der Waals surface area contributed by atoms with Gasteiger partial charge in [-0.15, -0.1) is 12.4 Å². The zero-order chi connectivity index (χ0) is 12.3. The average Bonchev–Trinajstić information content (AvgIpc) is 2.15. The van der Waals surface area contributed by atoms with Gasteiger partial charge in [0.1, 0.15) is 0 Å². The van der Waals surface area contributed by atoms with Crippen LogP contribution in [0.1, 0.15) is 27.7 Å². The fraction of sp³-hybridized carbons (Fsp3) is 0.917. The first kappa shape index (κ1) is 16.7. The Morgan fingerprint density at radius 2 is 2.06 bits per heavy atom. The van der Waals surface area contributed by atoms with E-state index >= 15 is 0 Å². The van der Waals surface area contributed by atoms with Gasteiger partial charge in [0.2, 0.25) is 5.91 Å². The molecule has 1 saturated heterocycles. The predicted octanol–water partition coefficient (Wildman–Crippen LogP) is 0.959. The zero-order valence-electron chi connectivity index (χ0n) is 11.6. The standard InChI is InChI=1S/C12H25N3O.ClH/c1-10(2)14(5)8-11(16)15-7-6-13-12(3,4)9-15;/h10,13H,6-9H2,1-5H3;1H. The summed E-state index contributed by atoms with van der Waals surface area (Å²) in [6.45, 7) is 11.5. The quantitative estimate of drug-likeness (QED) is 0.824. The summed E-state index contributed by atoms with van der Waals surface area (Å²) in [4.78, 5) is 16.1. The van der Waals surface area contributed by atoms with Gasteiger partial charge in [-0.1, -0.05) is 0 Å². The van der Waals surface area contributed by atoms with Crippen molar-refractivity contribution in [3.63, 3.8) is 0 Å². The molecule has 0 bridgehead atoms. The second kappa shape index (κ2) is 6.57. The van der Waals surface area contributed by atoms with E-state index in [1.54, 1.807) is 0 Å². The van der Waals surface area contributed by atoms with Crippen LogP contribution in [-0.2, 0) is 4.79 Å². The molecule has 1 aliphatic heterocycles. The van der Waals surface area contributed by atoms with E-state index in [0.29, 0.717) is 12.6 Å². The number of halogens is 1. The molecule has 0 radical (unpaired) electrons. The Morgan fingerprint density at radius 1 is 1.47 bits per heavy atom. The number of carbonyl (C=O) groups is 1. The summed E-state index contributed by atoms with van der Waals surface area (Å²) in [5.41, 5.74) is 0.0459.